The number of hydrogen-bond donors (Lipinski definition) is 1. The van der Waals surface area contributed by atoms with Crippen molar-refractivity contribution in [3.05, 3.63) is 33.8 Å². The fourth-order valence-corrected chi connectivity index (χ4v) is 2.92. The standard InChI is InChI=1S/C15H22Cl2N2/c1-11(12-5-6-13(16)14(17)9-12)18-10-15(19(2)3)7-4-8-15/h5-6,9,11,18H,4,7-8,10H2,1-3H3. The molecular weight excluding hydrogens is 279 g/mol. The summed E-state index contributed by atoms with van der Waals surface area (Å²) in [6.45, 7) is 3.18. The highest BCUT2D eigenvalue weighted by molar-refractivity contribution is 6.42. The Morgan fingerprint density at radius 2 is 1.95 bits per heavy atom. The van der Waals surface area contributed by atoms with Crippen LogP contribution in [0.1, 0.15) is 37.8 Å². The molecule has 0 spiro atoms. The van der Waals surface area contributed by atoms with Crippen LogP contribution < -0.4 is 5.32 Å². The molecule has 1 aromatic rings. The van der Waals surface area contributed by atoms with E-state index < -0.39 is 0 Å². The van der Waals surface area contributed by atoms with E-state index in [1.54, 1.807) is 0 Å². The smallest absolute Gasteiger partial charge is 0.0595 e. The van der Waals surface area contributed by atoms with E-state index in [2.05, 4.69) is 31.2 Å². The van der Waals surface area contributed by atoms with Gasteiger partial charge in [-0.15, -0.1) is 0 Å². The van der Waals surface area contributed by atoms with Crippen molar-refractivity contribution < 1.29 is 0 Å². The predicted octanol–water partition coefficient (Wildman–Crippen LogP) is 4.13. The third kappa shape index (κ3) is 3.25. The molecule has 2 nitrogen and oxygen atoms in total. The average Bonchev–Trinajstić information content (AvgIpc) is 2.30. The highest BCUT2D eigenvalue weighted by Gasteiger charge is 2.38. The van der Waals surface area contributed by atoms with Crippen LogP contribution in [0.2, 0.25) is 10.0 Å². The first-order chi connectivity index (χ1) is 8.94. The minimum atomic E-state index is 0.284. The van der Waals surface area contributed by atoms with E-state index in [0.717, 1.165) is 6.54 Å². The molecule has 1 N–H and O–H groups in total. The fourth-order valence-electron chi connectivity index (χ4n) is 2.61. The van der Waals surface area contributed by atoms with Gasteiger partial charge in [-0.1, -0.05) is 29.3 Å². The van der Waals surface area contributed by atoms with Gasteiger partial charge in [0.2, 0.25) is 0 Å². The lowest BCUT2D eigenvalue weighted by Crippen LogP contribution is -2.56. The highest BCUT2D eigenvalue weighted by atomic mass is 35.5. The van der Waals surface area contributed by atoms with Gasteiger partial charge in [0.25, 0.3) is 0 Å². The summed E-state index contributed by atoms with van der Waals surface area (Å²) in [5, 5.41) is 4.86. The predicted molar refractivity (Wildman–Crippen MR) is 83.1 cm³/mol. The van der Waals surface area contributed by atoms with Crippen molar-refractivity contribution in [1.82, 2.24) is 10.2 Å². The maximum absolute atomic E-state index is 6.07. The van der Waals surface area contributed by atoms with Crippen molar-refractivity contribution >= 4 is 23.2 Å². The number of hydrogen-bond acceptors (Lipinski definition) is 2. The summed E-state index contributed by atoms with van der Waals surface area (Å²) in [5.74, 6) is 0. The van der Waals surface area contributed by atoms with Gasteiger partial charge >= 0.3 is 0 Å². The van der Waals surface area contributed by atoms with Crippen molar-refractivity contribution in [2.24, 2.45) is 0 Å². The number of halogens is 2. The van der Waals surface area contributed by atoms with Crippen LogP contribution in [0, 0.1) is 0 Å². The van der Waals surface area contributed by atoms with Gasteiger partial charge in [0.1, 0.15) is 0 Å². The molecule has 0 aliphatic heterocycles. The molecular formula is C15H22Cl2N2. The molecule has 1 unspecified atom stereocenters. The van der Waals surface area contributed by atoms with Gasteiger partial charge < -0.3 is 10.2 Å². The molecule has 106 valence electrons. The molecule has 0 aromatic heterocycles. The SMILES string of the molecule is CC(NCC1(N(C)C)CCC1)c1ccc(Cl)c(Cl)c1. The van der Waals surface area contributed by atoms with E-state index >= 15 is 0 Å². The van der Waals surface area contributed by atoms with E-state index in [1.807, 2.05) is 18.2 Å². The Kier molecular flexibility index (Phi) is 4.78. The molecule has 0 radical (unpaired) electrons. The Morgan fingerprint density at radius 3 is 2.42 bits per heavy atom. The zero-order valence-corrected chi connectivity index (χ0v) is 13.4. The Balaban J connectivity index is 1.97. The summed E-state index contributed by atoms with van der Waals surface area (Å²) in [7, 11) is 4.34. The minimum Gasteiger partial charge on any atom is -0.308 e. The Morgan fingerprint density at radius 1 is 1.26 bits per heavy atom. The molecule has 1 aliphatic carbocycles. The molecule has 1 fully saturated rings. The van der Waals surface area contributed by atoms with E-state index in [0.29, 0.717) is 15.6 Å². The number of likely N-dealkylation sites (N-methyl/N-ethyl adjacent to an activating group) is 1. The van der Waals surface area contributed by atoms with Crippen molar-refractivity contribution in [1.29, 1.82) is 0 Å². The summed E-state index contributed by atoms with van der Waals surface area (Å²) in [4.78, 5) is 2.35. The van der Waals surface area contributed by atoms with Crippen molar-refractivity contribution in [2.45, 2.75) is 37.8 Å². The van der Waals surface area contributed by atoms with Gasteiger partial charge in [0.05, 0.1) is 10.0 Å². The number of nitrogens with one attached hydrogen (secondary N) is 1. The van der Waals surface area contributed by atoms with E-state index in [1.165, 1.54) is 24.8 Å². The minimum absolute atomic E-state index is 0.284. The zero-order chi connectivity index (χ0) is 14.0. The van der Waals surface area contributed by atoms with E-state index in [9.17, 15) is 0 Å². The van der Waals surface area contributed by atoms with Crippen LogP contribution in [0.4, 0.5) is 0 Å². The van der Waals surface area contributed by atoms with Crippen LogP contribution in [0.3, 0.4) is 0 Å². The average molecular weight is 301 g/mol. The van der Waals surface area contributed by atoms with Crippen molar-refractivity contribution in [2.75, 3.05) is 20.6 Å². The first-order valence-corrected chi connectivity index (χ1v) is 7.56. The maximum atomic E-state index is 6.07. The lowest BCUT2D eigenvalue weighted by molar-refractivity contribution is 0.0576. The molecule has 0 bridgehead atoms. The zero-order valence-electron chi connectivity index (χ0n) is 11.8. The summed E-state index contributed by atoms with van der Waals surface area (Å²) in [6, 6.07) is 6.13. The lowest BCUT2D eigenvalue weighted by Gasteiger charge is -2.48. The van der Waals surface area contributed by atoms with Crippen LogP contribution in [-0.4, -0.2) is 31.1 Å². The largest absolute Gasteiger partial charge is 0.308 e. The Labute approximate surface area is 126 Å². The van der Waals surface area contributed by atoms with Crippen molar-refractivity contribution in [3.63, 3.8) is 0 Å². The molecule has 1 atom stereocenters. The summed E-state index contributed by atoms with van der Waals surface area (Å²) >= 11 is 12.0. The number of benzene rings is 1. The van der Waals surface area contributed by atoms with Crippen LogP contribution in [0.15, 0.2) is 18.2 Å². The van der Waals surface area contributed by atoms with Crippen LogP contribution in [0.25, 0.3) is 0 Å². The first-order valence-electron chi connectivity index (χ1n) is 6.80. The first kappa shape index (κ1) is 15.1. The van der Waals surface area contributed by atoms with Gasteiger partial charge in [-0.2, -0.15) is 0 Å². The second-order valence-corrected chi connectivity index (χ2v) is 6.56. The van der Waals surface area contributed by atoms with Gasteiger partial charge in [0.15, 0.2) is 0 Å². The molecule has 0 heterocycles. The normalized spacial score (nSPS) is 19.3. The Hall–Kier alpha value is -0.280. The lowest BCUT2D eigenvalue weighted by atomic mass is 9.75. The summed E-state index contributed by atoms with van der Waals surface area (Å²) in [5.41, 5.74) is 1.52. The van der Waals surface area contributed by atoms with Crippen LogP contribution >= 0.6 is 23.2 Å². The Bertz CT molecular complexity index is 442. The fraction of sp³-hybridized carbons (Fsp3) is 0.600. The second kappa shape index (κ2) is 6.01. The second-order valence-electron chi connectivity index (χ2n) is 5.75. The number of nitrogens with zero attached hydrogens (tertiary/aromatic N) is 1. The third-order valence-electron chi connectivity index (χ3n) is 4.41. The molecule has 0 amide bonds. The van der Waals surface area contributed by atoms with Gasteiger partial charge in [-0.05, 0) is 58.0 Å². The molecule has 0 saturated heterocycles. The van der Waals surface area contributed by atoms with E-state index in [4.69, 9.17) is 23.2 Å². The molecule has 1 aliphatic rings. The van der Waals surface area contributed by atoms with Crippen molar-refractivity contribution in [3.8, 4) is 0 Å². The van der Waals surface area contributed by atoms with E-state index in [-0.39, 0.29) is 6.04 Å². The highest BCUT2D eigenvalue weighted by Crippen LogP contribution is 2.36. The van der Waals surface area contributed by atoms with Gasteiger partial charge in [-0.25, -0.2) is 0 Å². The molecule has 1 saturated carbocycles. The molecule has 19 heavy (non-hydrogen) atoms. The van der Waals surface area contributed by atoms with Gasteiger partial charge in [-0.3, -0.25) is 0 Å². The molecule has 2 rings (SSSR count). The third-order valence-corrected chi connectivity index (χ3v) is 5.15. The topological polar surface area (TPSA) is 15.3 Å². The van der Waals surface area contributed by atoms with Crippen LogP contribution in [-0.2, 0) is 0 Å². The monoisotopic (exact) mass is 300 g/mol. The van der Waals surface area contributed by atoms with Crippen LogP contribution in [0.5, 0.6) is 0 Å². The summed E-state index contributed by atoms with van der Waals surface area (Å²) in [6.07, 6.45) is 3.89. The van der Waals surface area contributed by atoms with Gasteiger partial charge in [0, 0.05) is 18.1 Å². The maximum Gasteiger partial charge on any atom is 0.0595 e. The molecule has 4 heteroatoms. The number of rotatable bonds is 5. The molecule has 1 aromatic carbocycles. The quantitative estimate of drug-likeness (QED) is 0.879. The summed E-state index contributed by atoms with van der Waals surface area (Å²) < 4.78 is 0.